The van der Waals surface area contributed by atoms with E-state index in [2.05, 4.69) is 20.8 Å². The van der Waals surface area contributed by atoms with Crippen molar-refractivity contribution < 1.29 is 9.90 Å². The van der Waals surface area contributed by atoms with Crippen LogP contribution in [0, 0.1) is 5.92 Å². The van der Waals surface area contributed by atoms with E-state index in [9.17, 15) is 4.79 Å². The topological polar surface area (TPSA) is 40.5 Å². The zero-order valence-corrected chi connectivity index (χ0v) is 9.08. The summed E-state index contributed by atoms with van der Waals surface area (Å²) in [5, 5.41) is 8.70. The van der Waals surface area contributed by atoms with Gasteiger partial charge in [-0.25, -0.2) is 0 Å². The van der Waals surface area contributed by atoms with Crippen molar-refractivity contribution in [1.82, 2.24) is 4.90 Å². The minimum absolute atomic E-state index is 0.160. The maximum atomic E-state index is 10.6. The third kappa shape index (κ3) is 4.27. The molecule has 0 spiro atoms. The Morgan fingerprint density at radius 2 is 1.92 bits per heavy atom. The van der Waals surface area contributed by atoms with Crippen LogP contribution in [0.5, 0.6) is 0 Å². The van der Waals surface area contributed by atoms with Crippen LogP contribution in [0.3, 0.4) is 0 Å². The molecule has 0 bridgehead atoms. The Labute approximate surface area is 80.7 Å². The maximum absolute atomic E-state index is 10.6. The number of carbonyl (C=O) groups is 1. The van der Waals surface area contributed by atoms with Gasteiger partial charge < -0.3 is 5.11 Å². The summed E-state index contributed by atoms with van der Waals surface area (Å²) in [4.78, 5) is 12.6. The average Bonchev–Trinajstić information content (AvgIpc) is 2.02. The van der Waals surface area contributed by atoms with Crippen molar-refractivity contribution in [2.75, 3.05) is 13.1 Å². The lowest BCUT2D eigenvalue weighted by Crippen LogP contribution is -2.41. The lowest BCUT2D eigenvalue weighted by atomic mass is 10.00. The van der Waals surface area contributed by atoms with Gasteiger partial charge in [-0.2, -0.15) is 0 Å². The molecule has 1 atom stereocenters. The first-order valence-electron chi connectivity index (χ1n) is 4.98. The van der Waals surface area contributed by atoms with Gasteiger partial charge in [-0.1, -0.05) is 27.7 Å². The fourth-order valence-electron chi connectivity index (χ4n) is 1.79. The van der Waals surface area contributed by atoms with Crippen LogP contribution in [0.2, 0.25) is 0 Å². The summed E-state index contributed by atoms with van der Waals surface area (Å²) >= 11 is 0. The van der Waals surface area contributed by atoms with Crippen molar-refractivity contribution in [2.24, 2.45) is 5.92 Å². The number of hydrogen-bond donors (Lipinski definition) is 1. The Bertz CT molecular complexity index is 157. The third-order valence-electron chi connectivity index (χ3n) is 2.40. The van der Waals surface area contributed by atoms with Gasteiger partial charge in [-0.15, -0.1) is 0 Å². The molecule has 3 nitrogen and oxygen atoms in total. The highest BCUT2D eigenvalue weighted by molar-refractivity contribution is 5.69. The van der Waals surface area contributed by atoms with Crippen LogP contribution in [0.1, 0.15) is 34.1 Å². The fraction of sp³-hybridized carbons (Fsp3) is 0.900. The smallest absolute Gasteiger partial charge is 0.317 e. The summed E-state index contributed by atoms with van der Waals surface area (Å²) in [6, 6.07) is 0.390. The van der Waals surface area contributed by atoms with E-state index in [1.165, 1.54) is 0 Å². The Morgan fingerprint density at radius 3 is 2.15 bits per heavy atom. The first-order chi connectivity index (χ1) is 6.02. The van der Waals surface area contributed by atoms with E-state index in [0.29, 0.717) is 12.0 Å². The molecular weight excluding hydrogens is 166 g/mol. The van der Waals surface area contributed by atoms with Crippen molar-refractivity contribution in [1.29, 1.82) is 0 Å². The van der Waals surface area contributed by atoms with Crippen molar-refractivity contribution in [3.8, 4) is 0 Å². The van der Waals surface area contributed by atoms with Crippen LogP contribution < -0.4 is 0 Å². The SMILES string of the molecule is CCC(C(C)C)N(CC)CC(=O)O. The summed E-state index contributed by atoms with van der Waals surface area (Å²) in [5.41, 5.74) is 0. The Hall–Kier alpha value is -0.570. The highest BCUT2D eigenvalue weighted by atomic mass is 16.4. The quantitative estimate of drug-likeness (QED) is 0.689. The molecule has 0 rings (SSSR count). The Balaban J connectivity index is 4.25. The van der Waals surface area contributed by atoms with Gasteiger partial charge in [0.05, 0.1) is 6.54 Å². The molecule has 0 aliphatic rings. The first kappa shape index (κ1) is 12.4. The second-order valence-electron chi connectivity index (χ2n) is 3.68. The van der Waals surface area contributed by atoms with E-state index in [1.807, 2.05) is 11.8 Å². The van der Waals surface area contributed by atoms with Gasteiger partial charge >= 0.3 is 5.97 Å². The zero-order valence-electron chi connectivity index (χ0n) is 9.08. The van der Waals surface area contributed by atoms with E-state index in [1.54, 1.807) is 0 Å². The van der Waals surface area contributed by atoms with Crippen molar-refractivity contribution in [3.05, 3.63) is 0 Å². The highest BCUT2D eigenvalue weighted by Gasteiger charge is 2.20. The summed E-state index contributed by atoms with van der Waals surface area (Å²) in [6.45, 7) is 9.36. The number of rotatable bonds is 6. The zero-order chi connectivity index (χ0) is 10.4. The maximum Gasteiger partial charge on any atom is 0.317 e. The van der Waals surface area contributed by atoms with Gasteiger partial charge in [-0.05, 0) is 18.9 Å². The van der Waals surface area contributed by atoms with Crippen LogP contribution in [-0.4, -0.2) is 35.1 Å². The predicted molar refractivity (Wildman–Crippen MR) is 53.8 cm³/mol. The molecule has 0 aromatic heterocycles. The summed E-state index contributed by atoms with van der Waals surface area (Å²) < 4.78 is 0. The highest BCUT2D eigenvalue weighted by Crippen LogP contribution is 2.13. The molecule has 0 saturated carbocycles. The number of carboxylic acids is 1. The van der Waals surface area contributed by atoms with E-state index in [4.69, 9.17) is 5.11 Å². The van der Waals surface area contributed by atoms with Crippen LogP contribution in [-0.2, 0) is 4.79 Å². The van der Waals surface area contributed by atoms with Gasteiger partial charge in [0.25, 0.3) is 0 Å². The van der Waals surface area contributed by atoms with Gasteiger partial charge in [0.2, 0.25) is 0 Å². The Kier molecular flexibility index (Phi) is 5.71. The van der Waals surface area contributed by atoms with E-state index >= 15 is 0 Å². The number of hydrogen-bond acceptors (Lipinski definition) is 2. The standard InChI is InChI=1S/C10H21NO2/c1-5-9(8(3)4)11(6-2)7-10(12)13/h8-9H,5-7H2,1-4H3,(H,12,13). The molecule has 0 aromatic rings. The lowest BCUT2D eigenvalue weighted by Gasteiger charge is -2.31. The molecule has 0 aliphatic carbocycles. The number of nitrogens with zero attached hydrogens (tertiary/aromatic N) is 1. The fourth-order valence-corrected chi connectivity index (χ4v) is 1.79. The Morgan fingerprint density at radius 1 is 1.38 bits per heavy atom. The molecule has 0 aromatic carbocycles. The molecule has 0 saturated heterocycles. The number of likely N-dealkylation sites (N-methyl/N-ethyl adjacent to an activating group) is 1. The molecule has 0 heterocycles. The number of aliphatic carboxylic acids is 1. The number of carboxylic acid groups (broad SMARTS) is 1. The molecule has 3 heteroatoms. The van der Waals surface area contributed by atoms with E-state index < -0.39 is 5.97 Å². The van der Waals surface area contributed by atoms with Gasteiger partial charge in [0.15, 0.2) is 0 Å². The molecule has 0 amide bonds. The minimum Gasteiger partial charge on any atom is -0.480 e. The van der Waals surface area contributed by atoms with E-state index in [-0.39, 0.29) is 6.54 Å². The monoisotopic (exact) mass is 187 g/mol. The van der Waals surface area contributed by atoms with Crippen LogP contribution in [0.25, 0.3) is 0 Å². The van der Waals surface area contributed by atoms with Crippen molar-refractivity contribution in [3.63, 3.8) is 0 Å². The van der Waals surface area contributed by atoms with Crippen LogP contribution >= 0.6 is 0 Å². The average molecular weight is 187 g/mol. The lowest BCUT2D eigenvalue weighted by molar-refractivity contribution is -0.139. The molecular formula is C10H21NO2. The van der Waals surface area contributed by atoms with Gasteiger partial charge in [0, 0.05) is 6.04 Å². The van der Waals surface area contributed by atoms with E-state index in [0.717, 1.165) is 13.0 Å². The molecule has 0 radical (unpaired) electrons. The third-order valence-corrected chi connectivity index (χ3v) is 2.40. The van der Waals surface area contributed by atoms with Crippen LogP contribution in [0.4, 0.5) is 0 Å². The van der Waals surface area contributed by atoms with Crippen molar-refractivity contribution >= 4 is 5.97 Å². The first-order valence-corrected chi connectivity index (χ1v) is 4.98. The molecule has 78 valence electrons. The summed E-state index contributed by atoms with van der Waals surface area (Å²) in [5.74, 6) is -0.217. The predicted octanol–water partition coefficient (Wildman–Crippen LogP) is 1.83. The summed E-state index contributed by atoms with van der Waals surface area (Å²) in [7, 11) is 0. The second-order valence-corrected chi connectivity index (χ2v) is 3.68. The molecule has 1 unspecified atom stereocenters. The van der Waals surface area contributed by atoms with Gasteiger partial charge in [-0.3, -0.25) is 9.69 Å². The minimum atomic E-state index is -0.735. The molecule has 13 heavy (non-hydrogen) atoms. The largest absolute Gasteiger partial charge is 0.480 e. The normalized spacial score (nSPS) is 13.7. The van der Waals surface area contributed by atoms with Crippen molar-refractivity contribution in [2.45, 2.75) is 40.2 Å². The summed E-state index contributed by atoms with van der Waals surface area (Å²) in [6.07, 6.45) is 1.01. The molecule has 1 N–H and O–H groups in total. The molecule has 0 fully saturated rings. The van der Waals surface area contributed by atoms with Crippen LogP contribution in [0.15, 0.2) is 0 Å². The molecule has 0 aliphatic heterocycles. The van der Waals surface area contributed by atoms with Gasteiger partial charge in [0.1, 0.15) is 0 Å². The second kappa shape index (κ2) is 5.97.